The molecular weight excluding hydrogens is 1370 g/mol. The summed E-state index contributed by atoms with van der Waals surface area (Å²) in [7, 11) is 0. The van der Waals surface area contributed by atoms with Crippen LogP contribution in [0.1, 0.15) is 0 Å². The number of nitrogens with zero attached hydrogens (tertiary/aromatic N) is 8. The van der Waals surface area contributed by atoms with Gasteiger partial charge in [-0.3, -0.25) is 0 Å². The molecule has 112 heavy (non-hydrogen) atoms. The molecule has 10 nitrogen and oxygen atoms in total. The lowest BCUT2D eigenvalue weighted by atomic mass is 9.92. The summed E-state index contributed by atoms with van der Waals surface area (Å²) in [6, 6.07) is 124. The fourth-order valence-electron chi connectivity index (χ4n) is 18.0. The molecule has 2 aliphatic carbocycles. The zero-order valence-electron chi connectivity index (χ0n) is 59.9. The van der Waals surface area contributed by atoms with E-state index in [4.69, 9.17) is 38.7 Å². The van der Waals surface area contributed by atoms with Crippen molar-refractivity contribution in [3.05, 3.63) is 352 Å². The lowest BCUT2D eigenvalue weighted by Gasteiger charge is -2.16. The quantitative estimate of drug-likeness (QED) is 0.148. The summed E-state index contributed by atoms with van der Waals surface area (Å²) in [4.78, 5) is 30.0. The molecule has 0 bridgehead atoms. The zero-order chi connectivity index (χ0) is 73.2. The molecule has 10 heteroatoms. The first-order valence-electron chi connectivity index (χ1n) is 37.8. The summed E-state index contributed by atoms with van der Waals surface area (Å²) in [6.45, 7) is 0. The Morgan fingerprint density at radius 3 is 1.01 bits per heavy atom. The van der Waals surface area contributed by atoms with E-state index in [-0.39, 0.29) is 0 Å². The minimum absolute atomic E-state index is 0.636. The molecule has 0 saturated carbocycles. The van der Waals surface area contributed by atoms with Gasteiger partial charge in [0.2, 0.25) is 0 Å². The topological polar surface area (TPSA) is 113 Å². The Morgan fingerprint density at radius 1 is 0.188 bits per heavy atom. The summed E-state index contributed by atoms with van der Waals surface area (Å²) < 4.78 is 17.8. The smallest absolute Gasteiger partial charge is 0.164 e. The van der Waals surface area contributed by atoms with E-state index in [2.05, 4.69) is 228 Å². The Hall–Kier alpha value is -15.3. The fourth-order valence-corrected chi connectivity index (χ4v) is 18.0. The standard InChI is InChI=1S/C53H30N4O.C49H28N4O/c1-3-13-32(14-4-1)51-54-52(33-15-5-2-6-16-33)56-53(55-51)39-26-28-43(35-19-8-7-18-34(35)39)57-44-23-12-22-38-41-30-47-42(36-20-9-10-24-46(36)58-47)29-40(41)37-21-11-17-31-25-27-45(57)50(48(31)37)49(38)44;1-3-11-30(12-4-1)47-50-48(31-13-5-2-6-14-31)52-49(51-47)32-21-24-33(25-22-32)53-40-19-10-18-36-38-28-43-39(34-16-7-8-20-42(34)54-43)27-37(38)35-17-9-15-29-23-26-41(53)46(44(29)35)45(36)40/h1-30H;1-28H. The van der Waals surface area contributed by atoms with E-state index in [1.54, 1.807) is 0 Å². The summed E-state index contributed by atoms with van der Waals surface area (Å²) in [5.74, 6) is 3.86. The van der Waals surface area contributed by atoms with Crippen molar-refractivity contribution in [3.8, 4) is 124 Å². The number of aromatic nitrogens is 8. The number of para-hydroxylation sites is 2. The summed E-state index contributed by atoms with van der Waals surface area (Å²) in [5.41, 5.74) is 25.8. The molecule has 23 aromatic rings. The second-order valence-corrected chi connectivity index (χ2v) is 29.1. The van der Waals surface area contributed by atoms with Gasteiger partial charge in [0.15, 0.2) is 34.9 Å². The van der Waals surface area contributed by atoms with Crippen LogP contribution < -0.4 is 0 Å². The van der Waals surface area contributed by atoms with Crippen LogP contribution >= 0.6 is 0 Å². The lowest BCUT2D eigenvalue weighted by Crippen LogP contribution is -2.01. The molecule has 2 aliphatic rings. The van der Waals surface area contributed by atoms with Crippen molar-refractivity contribution >= 4 is 120 Å². The average Bonchev–Trinajstić information content (AvgIpc) is 1.54. The van der Waals surface area contributed by atoms with Crippen LogP contribution in [0.15, 0.2) is 361 Å². The second-order valence-electron chi connectivity index (χ2n) is 29.1. The highest BCUT2D eigenvalue weighted by molar-refractivity contribution is 6.33. The molecule has 17 aromatic carbocycles. The van der Waals surface area contributed by atoms with Gasteiger partial charge >= 0.3 is 0 Å². The number of benzene rings is 17. The van der Waals surface area contributed by atoms with Crippen molar-refractivity contribution in [2.45, 2.75) is 0 Å². The summed E-state index contributed by atoms with van der Waals surface area (Å²) in [5, 5.41) is 16.8. The molecule has 0 fully saturated rings. The van der Waals surface area contributed by atoms with Crippen LogP contribution in [0, 0.1) is 0 Å². The van der Waals surface area contributed by atoms with Gasteiger partial charge < -0.3 is 18.0 Å². The first-order valence-corrected chi connectivity index (χ1v) is 37.8. The molecule has 0 N–H and O–H groups in total. The van der Waals surface area contributed by atoms with E-state index >= 15 is 0 Å². The van der Waals surface area contributed by atoms with Crippen LogP contribution in [-0.4, -0.2) is 39.0 Å². The first-order chi connectivity index (χ1) is 55.5. The van der Waals surface area contributed by atoms with Crippen LogP contribution in [-0.2, 0) is 0 Å². The van der Waals surface area contributed by atoms with E-state index in [0.717, 1.165) is 110 Å². The molecule has 0 atom stereocenters. The van der Waals surface area contributed by atoms with E-state index in [1.165, 1.54) is 98.6 Å². The van der Waals surface area contributed by atoms with E-state index < -0.39 is 0 Å². The van der Waals surface area contributed by atoms with E-state index in [9.17, 15) is 0 Å². The van der Waals surface area contributed by atoms with Gasteiger partial charge in [-0.1, -0.05) is 255 Å². The van der Waals surface area contributed by atoms with E-state index in [1.807, 2.05) is 133 Å². The van der Waals surface area contributed by atoms with Crippen LogP contribution in [0.4, 0.5) is 0 Å². The molecule has 0 aliphatic heterocycles. The number of hydrogen-bond acceptors (Lipinski definition) is 8. The first kappa shape index (κ1) is 61.8. The Kier molecular flexibility index (Phi) is 13.3. The molecule has 25 rings (SSSR count). The zero-order valence-corrected chi connectivity index (χ0v) is 59.9. The Labute approximate surface area is 639 Å². The molecule has 0 saturated heterocycles. The summed E-state index contributed by atoms with van der Waals surface area (Å²) >= 11 is 0. The van der Waals surface area contributed by atoms with Gasteiger partial charge in [-0.05, 0) is 169 Å². The molecule has 0 amide bonds. The van der Waals surface area contributed by atoms with Gasteiger partial charge in [-0.25, -0.2) is 29.9 Å². The maximum Gasteiger partial charge on any atom is 0.164 e. The molecule has 0 unspecified atom stereocenters. The third-order valence-corrected chi connectivity index (χ3v) is 23.0. The molecule has 0 spiro atoms. The fraction of sp³-hybridized carbons (Fsp3) is 0. The van der Waals surface area contributed by atoms with Crippen LogP contribution in [0.5, 0.6) is 0 Å². The van der Waals surface area contributed by atoms with Crippen LogP contribution in [0.3, 0.4) is 0 Å². The van der Waals surface area contributed by atoms with Crippen molar-refractivity contribution in [2.24, 2.45) is 0 Å². The van der Waals surface area contributed by atoms with Crippen molar-refractivity contribution in [3.63, 3.8) is 0 Å². The Morgan fingerprint density at radius 2 is 0.545 bits per heavy atom. The maximum atomic E-state index is 6.49. The van der Waals surface area contributed by atoms with Gasteiger partial charge in [0.25, 0.3) is 0 Å². The highest BCUT2D eigenvalue weighted by Crippen LogP contribution is 2.54. The average molecular weight is 1430 g/mol. The molecule has 518 valence electrons. The molecule has 6 heterocycles. The van der Waals surface area contributed by atoms with Crippen molar-refractivity contribution < 1.29 is 8.83 Å². The number of rotatable bonds is 8. The molecular formula is C102H58N8O2. The number of furan rings is 2. The van der Waals surface area contributed by atoms with Gasteiger partial charge in [0.1, 0.15) is 22.3 Å². The Balaban J connectivity index is 0.000000131. The summed E-state index contributed by atoms with van der Waals surface area (Å²) in [6.07, 6.45) is 0. The SMILES string of the molecule is c1ccc(-c2nc(-c3ccccc3)nc(-c3ccc(-n4c5cccc6c5c5c7c(cccc7ccc54)-c4cc5c(cc4-6)oc4ccccc45)c4ccccc34)n2)cc1.c1ccc(-c2nc(-c3ccccc3)nc(-c3ccc(-n4c5cccc6c5c5c7c(cccc7ccc54)-c4cc5c(cc4-6)oc4ccccc45)cc3)n2)cc1. The van der Waals surface area contributed by atoms with Crippen LogP contribution in [0.2, 0.25) is 0 Å². The third-order valence-electron chi connectivity index (χ3n) is 23.0. The van der Waals surface area contributed by atoms with Gasteiger partial charge in [-0.2, -0.15) is 0 Å². The minimum atomic E-state index is 0.636. The van der Waals surface area contributed by atoms with Gasteiger partial charge in [0.05, 0.1) is 27.8 Å². The Bertz CT molecular complexity index is 7800. The highest BCUT2D eigenvalue weighted by atomic mass is 16.3. The van der Waals surface area contributed by atoms with Gasteiger partial charge in [-0.15, -0.1) is 0 Å². The molecule has 6 aromatic heterocycles. The predicted molar refractivity (Wildman–Crippen MR) is 457 cm³/mol. The van der Waals surface area contributed by atoms with E-state index in [0.29, 0.717) is 34.9 Å². The maximum absolute atomic E-state index is 6.49. The largest absolute Gasteiger partial charge is 0.456 e. The van der Waals surface area contributed by atoms with Crippen molar-refractivity contribution in [1.82, 2.24) is 39.0 Å². The highest BCUT2D eigenvalue weighted by Gasteiger charge is 2.30. The lowest BCUT2D eigenvalue weighted by molar-refractivity contribution is 0.668. The predicted octanol–water partition coefficient (Wildman–Crippen LogP) is 26.5. The third kappa shape index (κ3) is 9.33. The minimum Gasteiger partial charge on any atom is -0.456 e. The monoisotopic (exact) mass is 1430 g/mol. The molecule has 0 radical (unpaired) electrons. The number of fused-ring (bicyclic) bond motifs is 13. The van der Waals surface area contributed by atoms with Gasteiger partial charge in [0, 0.05) is 87.5 Å². The number of hydrogen-bond donors (Lipinski definition) is 0. The normalized spacial score (nSPS) is 12.1. The second kappa shape index (κ2) is 24.1. The van der Waals surface area contributed by atoms with Crippen molar-refractivity contribution in [1.29, 1.82) is 0 Å². The van der Waals surface area contributed by atoms with Crippen LogP contribution in [0.25, 0.3) is 244 Å². The van der Waals surface area contributed by atoms with Crippen molar-refractivity contribution in [2.75, 3.05) is 0 Å².